The van der Waals surface area contributed by atoms with Crippen LogP contribution in [0.4, 0.5) is 0 Å². The van der Waals surface area contributed by atoms with Crippen molar-refractivity contribution in [1.29, 1.82) is 0 Å². The van der Waals surface area contributed by atoms with Crippen molar-refractivity contribution in [2.45, 2.75) is 12.5 Å². The molecule has 0 aliphatic heterocycles. The van der Waals surface area contributed by atoms with Crippen molar-refractivity contribution in [2.75, 3.05) is 26.9 Å². The van der Waals surface area contributed by atoms with Gasteiger partial charge in [-0.25, -0.2) is 0 Å². The molecule has 4 nitrogen and oxygen atoms in total. The zero-order chi connectivity index (χ0) is 12.0. The second kappa shape index (κ2) is 5.84. The number of hydrogen-bond donors (Lipinski definition) is 2. The van der Waals surface area contributed by atoms with Crippen molar-refractivity contribution in [3.63, 3.8) is 0 Å². The molecule has 1 atom stereocenters. The van der Waals surface area contributed by atoms with Gasteiger partial charge in [-0.15, -0.1) is 0 Å². The molecule has 4 heteroatoms. The van der Waals surface area contributed by atoms with E-state index in [4.69, 9.17) is 20.3 Å². The Morgan fingerprint density at radius 2 is 1.88 bits per heavy atom. The van der Waals surface area contributed by atoms with Crippen molar-refractivity contribution in [3.8, 4) is 5.75 Å². The Labute approximate surface area is 96.0 Å². The first-order chi connectivity index (χ1) is 7.60. The number of benzene rings is 1. The Kier molecular flexibility index (Phi) is 4.73. The van der Waals surface area contributed by atoms with Crippen molar-refractivity contribution in [2.24, 2.45) is 5.73 Å². The van der Waals surface area contributed by atoms with Gasteiger partial charge in [-0.2, -0.15) is 0 Å². The second-order valence-corrected chi connectivity index (χ2v) is 3.94. The Bertz CT molecular complexity index is 309. The van der Waals surface area contributed by atoms with E-state index in [1.54, 1.807) is 14.0 Å². The number of methoxy groups -OCH3 is 1. The third-order valence-corrected chi connectivity index (χ3v) is 2.40. The fraction of sp³-hybridized carbons (Fsp3) is 0.500. The van der Waals surface area contributed by atoms with Crippen LogP contribution in [0.25, 0.3) is 0 Å². The number of aliphatic hydroxyl groups excluding tert-OH is 1. The topological polar surface area (TPSA) is 64.7 Å². The molecule has 0 aliphatic carbocycles. The zero-order valence-corrected chi connectivity index (χ0v) is 9.77. The van der Waals surface area contributed by atoms with Crippen LogP contribution in [-0.4, -0.2) is 32.0 Å². The minimum atomic E-state index is -0.703. The van der Waals surface area contributed by atoms with E-state index in [0.29, 0.717) is 13.2 Å². The first-order valence-corrected chi connectivity index (χ1v) is 5.22. The van der Waals surface area contributed by atoms with Gasteiger partial charge in [-0.1, -0.05) is 12.1 Å². The van der Waals surface area contributed by atoms with Gasteiger partial charge in [0.2, 0.25) is 0 Å². The molecule has 16 heavy (non-hydrogen) atoms. The second-order valence-electron chi connectivity index (χ2n) is 3.94. The van der Waals surface area contributed by atoms with Crippen molar-refractivity contribution < 1.29 is 14.6 Å². The Hall–Kier alpha value is -1.10. The summed E-state index contributed by atoms with van der Waals surface area (Å²) in [4.78, 5) is 0. The van der Waals surface area contributed by atoms with Crippen LogP contribution in [0.3, 0.4) is 0 Å². The average molecular weight is 225 g/mol. The molecule has 0 bridgehead atoms. The third kappa shape index (κ3) is 3.48. The SMILES string of the molecule is COCCOc1ccc(C(C)(N)CO)cc1. The molecule has 0 spiro atoms. The molecule has 3 N–H and O–H groups in total. The maximum absolute atomic E-state index is 9.12. The van der Waals surface area contributed by atoms with Gasteiger partial charge in [0.1, 0.15) is 12.4 Å². The molecule has 0 saturated heterocycles. The summed E-state index contributed by atoms with van der Waals surface area (Å²) in [5, 5.41) is 9.12. The van der Waals surface area contributed by atoms with Crippen LogP contribution in [0.15, 0.2) is 24.3 Å². The summed E-state index contributed by atoms with van der Waals surface area (Å²) in [6.45, 7) is 2.79. The largest absolute Gasteiger partial charge is 0.491 e. The lowest BCUT2D eigenvalue weighted by Gasteiger charge is -2.22. The van der Waals surface area contributed by atoms with Crippen molar-refractivity contribution >= 4 is 0 Å². The fourth-order valence-corrected chi connectivity index (χ4v) is 1.27. The van der Waals surface area contributed by atoms with Gasteiger partial charge >= 0.3 is 0 Å². The van der Waals surface area contributed by atoms with Gasteiger partial charge in [0.15, 0.2) is 0 Å². The van der Waals surface area contributed by atoms with Gasteiger partial charge in [0, 0.05) is 7.11 Å². The molecular formula is C12H19NO3. The molecule has 0 fully saturated rings. The van der Waals surface area contributed by atoms with Crippen molar-refractivity contribution in [3.05, 3.63) is 29.8 Å². The molecule has 0 aromatic heterocycles. The standard InChI is InChI=1S/C12H19NO3/c1-12(13,9-14)10-3-5-11(6-4-10)16-8-7-15-2/h3-6,14H,7-9,13H2,1-2H3. The average Bonchev–Trinajstić information content (AvgIpc) is 2.30. The molecule has 0 aliphatic rings. The lowest BCUT2D eigenvalue weighted by Crippen LogP contribution is -2.36. The van der Waals surface area contributed by atoms with E-state index in [1.165, 1.54) is 0 Å². The molecule has 90 valence electrons. The summed E-state index contributed by atoms with van der Waals surface area (Å²) in [5.74, 6) is 0.773. The zero-order valence-electron chi connectivity index (χ0n) is 9.77. The van der Waals surface area contributed by atoms with E-state index in [2.05, 4.69) is 0 Å². The smallest absolute Gasteiger partial charge is 0.119 e. The predicted molar refractivity (Wildman–Crippen MR) is 62.4 cm³/mol. The van der Waals surface area contributed by atoms with E-state index in [-0.39, 0.29) is 6.61 Å². The summed E-state index contributed by atoms with van der Waals surface area (Å²) in [7, 11) is 1.63. The highest BCUT2D eigenvalue weighted by Crippen LogP contribution is 2.20. The molecule has 0 heterocycles. The highest BCUT2D eigenvalue weighted by molar-refractivity contribution is 5.31. The van der Waals surface area contributed by atoms with Gasteiger partial charge in [0.05, 0.1) is 18.8 Å². The van der Waals surface area contributed by atoms with E-state index in [1.807, 2.05) is 24.3 Å². The van der Waals surface area contributed by atoms with Crippen LogP contribution in [-0.2, 0) is 10.3 Å². The lowest BCUT2D eigenvalue weighted by molar-refractivity contribution is 0.146. The highest BCUT2D eigenvalue weighted by atomic mass is 16.5. The van der Waals surface area contributed by atoms with Gasteiger partial charge in [-0.3, -0.25) is 0 Å². The molecule has 1 aromatic rings. The number of hydrogen-bond acceptors (Lipinski definition) is 4. The van der Waals surface area contributed by atoms with Gasteiger partial charge in [0.25, 0.3) is 0 Å². The maximum atomic E-state index is 9.12. The number of rotatable bonds is 6. The molecule has 0 saturated carbocycles. The van der Waals surface area contributed by atoms with E-state index in [9.17, 15) is 0 Å². The first kappa shape index (κ1) is 13.0. The minimum absolute atomic E-state index is 0.0864. The summed E-state index contributed by atoms with van der Waals surface area (Å²) < 4.78 is 10.3. The minimum Gasteiger partial charge on any atom is -0.491 e. The highest BCUT2D eigenvalue weighted by Gasteiger charge is 2.19. The van der Waals surface area contributed by atoms with Crippen LogP contribution in [0.2, 0.25) is 0 Å². The van der Waals surface area contributed by atoms with Crippen LogP contribution < -0.4 is 10.5 Å². The number of aliphatic hydroxyl groups is 1. The van der Waals surface area contributed by atoms with Gasteiger partial charge in [-0.05, 0) is 24.6 Å². The molecular weight excluding hydrogens is 206 g/mol. The predicted octanol–water partition coefficient (Wildman–Crippen LogP) is 0.878. The van der Waals surface area contributed by atoms with Crippen molar-refractivity contribution in [1.82, 2.24) is 0 Å². The maximum Gasteiger partial charge on any atom is 0.119 e. The summed E-state index contributed by atoms with van der Waals surface area (Å²) >= 11 is 0. The van der Waals surface area contributed by atoms with E-state index in [0.717, 1.165) is 11.3 Å². The molecule has 0 radical (unpaired) electrons. The van der Waals surface area contributed by atoms with E-state index >= 15 is 0 Å². The molecule has 1 aromatic carbocycles. The lowest BCUT2D eigenvalue weighted by atomic mass is 9.94. The third-order valence-electron chi connectivity index (χ3n) is 2.40. The first-order valence-electron chi connectivity index (χ1n) is 5.22. The van der Waals surface area contributed by atoms with Crippen LogP contribution in [0.5, 0.6) is 5.75 Å². The normalized spacial score (nSPS) is 14.5. The van der Waals surface area contributed by atoms with Crippen LogP contribution in [0.1, 0.15) is 12.5 Å². The fourth-order valence-electron chi connectivity index (χ4n) is 1.27. The van der Waals surface area contributed by atoms with Crippen LogP contribution >= 0.6 is 0 Å². The molecule has 1 unspecified atom stereocenters. The number of nitrogens with two attached hydrogens (primary N) is 1. The summed E-state index contributed by atoms with van der Waals surface area (Å²) in [6.07, 6.45) is 0. The molecule has 1 rings (SSSR count). The Morgan fingerprint density at radius 3 is 2.38 bits per heavy atom. The summed E-state index contributed by atoms with van der Waals surface area (Å²) in [6, 6.07) is 7.40. The molecule has 0 amide bonds. The number of ether oxygens (including phenoxy) is 2. The van der Waals surface area contributed by atoms with Crippen LogP contribution in [0, 0.1) is 0 Å². The monoisotopic (exact) mass is 225 g/mol. The summed E-state index contributed by atoms with van der Waals surface area (Å²) in [5.41, 5.74) is 6.08. The quantitative estimate of drug-likeness (QED) is 0.705. The Morgan fingerprint density at radius 1 is 1.25 bits per heavy atom. The van der Waals surface area contributed by atoms with E-state index < -0.39 is 5.54 Å². The van der Waals surface area contributed by atoms with Gasteiger partial charge < -0.3 is 20.3 Å². The Balaban J connectivity index is 2.61.